The van der Waals surface area contributed by atoms with E-state index in [9.17, 15) is 0 Å². The average molecular weight is 210 g/mol. The SMILES string of the molecule is O=[Se](=O)(O)O.[Zn]. The molecule has 0 fully saturated rings. The zero-order valence-corrected chi connectivity index (χ0v) is 7.51. The predicted octanol–water partition coefficient (Wildman–Crippen LogP) is -1.73. The minimum absolute atomic E-state index is 0. The van der Waals surface area contributed by atoms with E-state index >= 15 is 0 Å². The Morgan fingerprint density at radius 1 is 1.17 bits per heavy atom. The van der Waals surface area contributed by atoms with Crippen LogP contribution in [0.3, 0.4) is 0 Å². The van der Waals surface area contributed by atoms with Gasteiger partial charge in [-0.05, 0) is 0 Å². The summed E-state index contributed by atoms with van der Waals surface area (Å²) in [5.41, 5.74) is 0. The van der Waals surface area contributed by atoms with Crippen LogP contribution >= 0.6 is 0 Å². The van der Waals surface area contributed by atoms with Crippen molar-refractivity contribution in [2.45, 2.75) is 0 Å². The maximum Gasteiger partial charge on any atom is 0 e. The summed E-state index contributed by atoms with van der Waals surface area (Å²) in [7, 11) is 0. The van der Waals surface area contributed by atoms with Gasteiger partial charge in [0.25, 0.3) is 0 Å². The molecule has 0 amide bonds. The molecule has 0 saturated carbocycles. The monoisotopic (exact) mass is 210 g/mol. The molecule has 0 atom stereocenters. The predicted molar refractivity (Wildman–Crippen MR) is 11.6 cm³/mol. The Labute approximate surface area is 49.2 Å². The molecule has 0 radical (unpaired) electrons. The third-order valence-electron chi connectivity index (χ3n) is 0. The van der Waals surface area contributed by atoms with Gasteiger partial charge in [0.15, 0.2) is 0 Å². The second-order valence-corrected chi connectivity index (χ2v) is 2.33. The van der Waals surface area contributed by atoms with Gasteiger partial charge in [-0.15, -0.1) is 0 Å². The Kier molecular flexibility index (Phi) is 4.54. The zero-order valence-electron chi connectivity index (χ0n) is 2.83. The fourth-order valence-corrected chi connectivity index (χ4v) is 0. The van der Waals surface area contributed by atoms with Gasteiger partial charge in [-0.25, -0.2) is 0 Å². The third kappa shape index (κ3) is 142. The molecular weight excluding hydrogens is 208 g/mol. The minimum atomic E-state index is -5.25. The van der Waals surface area contributed by atoms with Gasteiger partial charge in [-0.2, -0.15) is 0 Å². The van der Waals surface area contributed by atoms with Crippen molar-refractivity contribution in [1.29, 1.82) is 0 Å². The number of hydrogen-bond acceptors (Lipinski definition) is 2. The second-order valence-electron chi connectivity index (χ2n) is 0.448. The third-order valence-corrected chi connectivity index (χ3v) is 0. The molecule has 0 aromatic heterocycles. The average Bonchev–Trinajstić information content (AvgIpc) is 0.722. The summed E-state index contributed by atoms with van der Waals surface area (Å²) in [5.74, 6) is 0. The van der Waals surface area contributed by atoms with E-state index in [1.165, 1.54) is 0 Å². The van der Waals surface area contributed by atoms with Gasteiger partial charge in [0.1, 0.15) is 0 Å². The van der Waals surface area contributed by atoms with E-state index < -0.39 is 13.4 Å². The first kappa shape index (κ1) is 9.83. The maximum atomic E-state index is 8.82. The summed E-state index contributed by atoms with van der Waals surface area (Å²) < 4.78 is 31.9. The summed E-state index contributed by atoms with van der Waals surface area (Å²) in [5, 5.41) is 0. The van der Waals surface area contributed by atoms with Crippen molar-refractivity contribution in [3.63, 3.8) is 0 Å². The van der Waals surface area contributed by atoms with Gasteiger partial charge < -0.3 is 0 Å². The van der Waals surface area contributed by atoms with Crippen LogP contribution in [-0.4, -0.2) is 21.7 Å². The van der Waals surface area contributed by atoms with E-state index in [0.29, 0.717) is 0 Å². The minimum Gasteiger partial charge on any atom is 0 e. The molecule has 6 heteroatoms. The van der Waals surface area contributed by atoms with Crippen LogP contribution in [0.1, 0.15) is 0 Å². The Balaban J connectivity index is 0. The number of rotatable bonds is 0. The Bertz CT molecular complexity index is 90.7. The van der Waals surface area contributed by atoms with E-state index in [2.05, 4.69) is 0 Å². The Morgan fingerprint density at radius 2 is 1.17 bits per heavy atom. The molecule has 0 unspecified atom stereocenters. The van der Waals surface area contributed by atoms with Crippen molar-refractivity contribution in [3.05, 3.63) is 0 Å². The van der Waals surface area contributed by atoms with Crippen LogP contribution < -0.4 is 0 Å². The summed E-state index contributed by atoms with van der Waals surface area (Å²) in [6.07, 6.45) is 0. The fourth-order valence-electron chi connectivity index (χ4n) is 0. The molecule has 0 aliphatic heterocycles. The maximum absolute atomic E-state index is 8.82. The second kappa shape index (κ2) is 2.77. The van der Waals surface area contributed by atoms with Crippen molar-refractivity contribution in [2.24, 2.45) is 0 Å². The molecule has 4 nitrogen and oxygen atoms in total. The van der Waals surface area contributed by atoms with E-state index in [4.69, 9.17) is 16.0 Å². The molecule has 0 aromatic carbocycles. The topological polar surface area (TPSA) is 74.6 Å². The van der Waals surface area contributed by atoms with E-state index in [1.807, 2.05) is 0 Å². The summed E-state index contributed by atoms with van der Waals surface area (Å²) >= 11 is -5.25. The molecule has 0 bridgehead atoms. The largest absolute Gasteiger partial charge is 0 e. The fraction of sp³-hybridized carbons (Fsp3) is 0. The van der Waals surface area contributed by atoms with Gasteiger partial charge >= 0.3 is 29.4 Å². The zero-order chi connectivity index (χ0) is 4.50. The van der Waals surface area contributed by atoms with Gasteiger partial charge in [0.2, 0.25) is 0 Å². The Morgan fingerprint density at radius 3 is 1.17 bits per heavy atom. The molecule has 6 heavy (non-hydrogen) atoms. The van der Waals surface area contributed by atoms with Gasteiger partial charge in [0, 0.05) is 19.5 Å². The van der Waals surface area contributed by atoms with E-state index in [-0.39, 0.29) is 19.5 Å². The van der Waals surface area contributed by atoms with Crippen molar-refractivity contribution >= 4 is 13.4 Å². The van der Waals surface area contributed by atoms with Crippen LogP contribution in [0.2, 0.25) is 0 Å². The number of hydrogen-bond donors (Lipinski definition) is 2. The smallest absolute Gasteiger partial charge is 0 e. The van der Waals surface area contributed by atoms with Crippen LogP contribution in [0.15, 0.2) is 0 Å². The van der Waals surface area contributed by atoms with Crippen molar-refractivity contribution in [1.82, 2.24) is 0 Å². The molecule has 0 aromatic rings. The molecule has 0 spiro atoms. The van der Waals surface area contributed by atoms with E-state index in [0.717, 1.165) is 0 Å². The van der Waals surface area contributed by atoms with Crippen molar-refractivity contribution < 1.29 is 35.5 Å². The normalized spacial score (nSPS) is 9.67. The molecule has 0 saturated heterocycles. The molecule has 0 rings (SSSR count). The quantitative estimate of drug-likeness (QED) is 0.466. The molecule has 0 heterocycles. The molecule has 0 aliphatic rings. The Hall–Kier alpha value is 0.663. The molecule has 34 valence electrons. The first-order chi connectivity index (χ1) is 2.00. The van der Waals surface area contributed by atoms with Crippen LogP contribution in [-0.2, 0) is 27.1 Å². The molecular formula is H2O4SeZn. The standard InChI is InChI=1S/H2O4Se.Zn/c1-5(2,3)4;/h(H2,1,2,3,4);. The van der Waals surface area contributed by atoms with Gasteiger partial charge in [-0.3, -0.25) is 0 Å². The first-order valence-corrected chi connectivity index (χ1v) is 3.63. The van der Waals surface area contributed by atoms with Crippen LogP contribution in [0.4, 0.5) is 0 Å². The van der Waals surface area contributed by atoms with Gasteiger partial charge in [0.05, 0.1) is 0 Å². The van der Waals surface area contributed by atoms with Crippen molar-refractivity contribution in [3.8, 4) is 0 Å². The van der Waals surface area contributed by atoms with Crippen molar-refractivity contribution in [2.75, 3.05) is 0 Å². The summed E-state index contributed by atoms with van der Waals surface area (Å²) in [4.78, 5) is 0. The van der Waals surface area contributed by atoms with E-state index in [1.54, 1.807) is 0 Å². The van der Waals surface area contributed by atoms with Gasteiger partial charge in [-0.1, -0.05) is 0 Å². The van der Waals surface area contributed by atoms with Crippen LogP contribution in [0, 0.1) is 0 Å². The molecule has 2 N–H and O–H groups in total. The first-order valence-electron chi connectivity index (χ1n) is 0.698. The van der Waals surface area contributed by atoms with Crippen LogP contribution in [0.5, 0.6) is 0 Å². The molecule has 0 aliphatic carbocycles. The van der Waals surface area contributed by atoms with Crippen LogP contribution in [0.25, 0.3) is 0 Å². The summed E-state index contributed by atoms with van der Waals surface area (Å²) in [6.45, 7) is 0. The summed E-state index contributed by atoms with van der Waals surface area (Å²) in [6, 6.07) is 0.